The van der Waals surface area contributed by atoms with E-state index in [0.717, 1.165) is 57.8 Å². The van der Waals surface area contributed by atoms with E-state index in [-0.39, 0.29) is 18.5 Å². The van der Waals surface area contributed by atoms with Gasteiger partial charge >= 0.3 is 5.97 Å². The fraction of sp³-hybridized carbons (Fsp3) is 0.873. The van der Waals surface area contributed by atoms with E-state index >= 15 is 0 Å². The van der Waals surface area contributed by atoms with Gasteiger partial charge < -0.3 is 20.3 Å². The summed E-state index contributed by atoms with van der Waals surface area (Å²) in [7, 11) is 0. The standard InChI is InChI=1S/C79H149NO5/c1-3-5-7-9-11-13-15-17-18-19-41-44-48-51-55-59-63-67-71-77(82)76(75-81)80-78(83)72-68-64-60-56-52-49-45-42-39-37-35-33-31-29-27-25-23-21-20-22-24-26-28-30-32-34-36-38-40-43-46-50-54-58-62-66-70-74-85-79(84)73-69-65-61-57-53-47-16-14-12-10-8-6-4-2/h8,10,14,16,20,22,26,28,76-77,81-82H,3-7,9,11-13,15,17-19,21,23-25,27,29-75H2,1-2H3,(H,80,83)/b10-8-,16-14-,22-20-,28-26-. The first-order valence-electron chi connectivity index (χ1n) is 38.4. The van der Waals surface area contributed by atoms with Crippen molar-refractivity contribution < 1.29 is 24.5 Å². The second-order valence-corrected chi connectivity index (χ2v) is 26.3. The van der Waals surface area contributed by atoms with Gasteiger partial charge in [0.1, 0.15) is 0 Å². The van der Waals surface area contributed by atoms with Crippen LogP contribution in [0.2, 0.25) is 0 Å². The van der Waals surface area contributed by atoms with Gasteiger partial charge in [-0.2, -0.15) is 0 Å². The number of esters is 1. The topological polar surface area (TPSA) is 95.9 Å². The highest BCUT2D eigenvalue weighted by atomic mass is 16.5. The molecule has 2 unspecified atom stereocenters. The van der Waals surface area contributed by atoms with E-state index in [9.17, 15) is 19.8 Å². The lowest BCUT2D eigenvalue weighted by molar-refractivity contribution is -0.143. The average Bonchev–Trinajstić information content (AvgIpc) is 3.51. The lowest BCUT2D eigenvalue weighted by Crippen LogP contribution is -2.45. The van der Waals surface area contributed by atoms with Gasteiger partial charge in [-0.1, -0.05) is 371 Å². The molecule has 500 valence electrons. The molecule has 3 N–H and O–H groups in total. The number of aliphatic hydroxyl groups is 2. The fourth-order valence-corrected chi connectivity index (χ4v) is 12.0. The van der Waals surface area contributed by atoms with E-state index in [4.69, 9.17) is 4.74 Å². The Labute approximate surface area is 531 Å². The quantitative estimate of drug-likeness (QED) is 0.0320. The molecule has 6 nitrogen and oxygen atoms in total. The molecule has 1 amide bonds. The van der Waals surface area contributed by atoms with Crippen LogP contribution in [0.5, 0.6) is 0 Å². The monoisotopic (exact) mass is 1190 g/mol. The predicted octanol–water partition coefficient (Wildman–Crippen LogP) is 25.2. The van der Waals surface area contributed by atoms with Crippen molar-refractivity contribution in [2.45, 2.75) is 431 Å². The Morgan fingerprint density at radius 2 is 0.612 bits per heavy atom. The number of hydrogen-bond donors (Lipinski definition) is 3. The number of rotatable bonds is 72. The minimum absolute atomic E-state index is 0.00353. The summed E-state index contributed by atoms with van der Waals surface area (Å²) in [6.45, 7) is 4.92. The molecule has 2 atom stereocenters. The smallest absolute Gasteiger partial charge is 0.305 e. The van der Waals surface area contributed by atoms with E-state index in [1.54, 1.807) is 0 Å². The van der Waals surface area contributed by atoms with Crippen molar-refractivity contribution in [3.8, 4) is 0 Å². The number of hydrogen-bond acceptors (Lipinski definition) is 5. The summed E-state index contributed by atoms with van der Waals surface area (Å²) in [6, 6.07) is -0.540. The lowest BCUT2D eigenvalue weighted by Gasteiger charge is -2.22. The molecule has 0 fully saturated rings. The van der Waals surface area contributed by atoms with Crippen LogP contribution in [0.15, 0.2) is 48.6 Å². The Hall–Kier alpha value is -2.18. The summed E-state index contributed by atoms with van der Waals surface area (Å²) >= 11 is 0. The minimum atomic E-state index is -0.663. The van der Waals surface area contributed by atoms with E-state index in [0.29, 0.717) is 25.9 Å². The van der Waals surface area contributed by atoms with Crippen molar-refractivity contribution >= 4 is 11.9 Å². The zero-order valence-electron chi connectivity index (χ0n) is 57.4. The Balaban J connectivity index is 3.37. The van der Waals surface area contributed by atoms with Crippen molar-refractivity contribution in [1.82, 2.24) is 5.32 Å². The van der Waals surface area contributed by atoms with Crippen molar-refractivity contribution in [2.75, 3.05) is 13.2 Å². The molecular weight excluding hydrogens is 1040 g/mol. The van der Waals surface area contributed by atoms with E-state index in [2.05, 4.69) is 67.8 Å². The first-order chi connectivity index (χ1) is 42.0. The Morgan fingerprint density at radius 3 is 0.941 bits per heavy atom. The van der Waals surface area contributed by atoms with Gasteiger partial charge in [-0.25, -0.2) is 0 Å². The number of aliphatic hydroxyl groups excluding tert-OH is 2. The molecule has 0 radical (unpaired) electrons. The SMILES string of the molecule is CCC/C=C\C/C=C\CCCCCCCC(=O)OCCCCCCCCCCCCCCC/C=C\C/C=C\CCCCCCCCCCCCCCCCCCCC(=O)NC(CO)C(O)CCCCCCCCCCCCCCCCCCCC. The molecule has 0 rings (SSSR count). The van der Waals surface area contributed by atoms with E-state index in [1.165, 1.54) is 327 Å². The second kappa shape index (κ2) is 74.3. The van der Waals surface area contributed by atoms with Gasteiger partial charge in [0, 0.05) is 12.8 Å². The number of allylic oxidation sites excluding steroid dienone is 8. The molecule has 0 saturated heterocycles. The maximum atomic E-state index is 12.5. The number of carbonyl (C=O) groups is 2. The molecule has 0 aromatic heterocycles. The summed E-state index contributed by atoms with van der Waals surface area (Å²) in [4.78, 5) is 24.6. The number of unbranched alkanes of at least 4 members (excludes halogenated alkanes) is 53. The highest BCUT2D eigenvalue weighted by Crippen LogP contribution is 2.19. The normalized spacial score (nSPS) is 12.8. The van der Waals surface area contributed by atoms with Gasteiger partial charge in [0.25, 0.3) is 0 Å². The summed E-state index contributed by atoms with van der Waals surface area (Å²) < 4.78 is 5.48. The number of ether oxygens (including phenoxy) is 1. The Morgan fingerprint density at radius 1 is 0.329 bits per heavy atom. The second-order valence-electron chi connectivity index (χ2n) is 26.3. The van der Waals surface area contributed by atoms with Crippen LogP contribution >= 0.6 is 0 Å². The van der Waals surface area contributed by atoms with Crippen LogP contribution in [0.1, 0.15) is 418 Å². The van der Waals surface area contributed by atoms with E-state index < -0.39 is 12.1 Å². The largest absolute Gasteiger partial charge is 0.466 e. The Bertz CT molecular complexity index is 1420. The van der Waals surface area contributed by atoms with Crippen molar-refractivity contribution in [1.29, 1.82) is 0 Å². The first-order valence-corrected chi connectivity index (χ1v) is 38.4. The summed E-state index contributed by atoms with van der Waals surface area (Å²) in [5.74, 6) is -0.0249. The van der Waals surface area contributed by atoms with Crippen molar-refractivity contribution in [2.24, 2.45) is 0 Å². The van der Waals surface area contributed by atoms with Crippen LogP contribution in [0.4, 0.5) is 0 Å². The van der Waals surface area contributed by atoms with Gasteiger partial charge in [0.15, 0.2) is 0 Å². The Kier molecular flexibility index (Phi) is 72.4. The summed E-state index contributed by atoms with van der Waals surface area (Å²) in [5.41, 5.74) is 0. The van der Waals surface area contributed by atoms with Crippen molar-refractivity contribution in [3.05, 3.63) is 48.6 Å². The van der Waals surface area contributed by atoms with Crippen LogP contribution in [0, 0.1) is 0 Å². The van der Waals surface area contributed by atoms with Gasteiger partial charge in [-0.15, -0.1) is 0 Å². The average molecular weight is 1190 g/mol. The van der Waals surface area contributed by atoms with E-state index in [1.807, 2.05) is 0 Å². The van der Waals surface area contributed by atoms with Gasteiger partial charge in [-0.3, -0.25) is 9.59 Å². The highest BCUT2D eigenvalue weighted by Gasteiger charge is 2.20. The summed E-state index contributed by atoms with van der Waals surface area (Å²) in [5, 5.41) is 23.4. The van der Waals surface area contributed by atoms with Crippen LogP contribution in [-0.4, -0.2) is 47.4 Å². The molecule has 0 aliphatic carbocycles. The molecule has 0 aromatic carbocycles. The van der Waals surface area contributed by atoms with Crippen LogP contribution in [0.3, 0.4) is 0 Å². The molecule has 85 heavy (non-hydrogen) atoms. The maximum absolute atomic E-state index is 12.5. The highest BCUT2D eigenvalue weighted by molar-refractivity contribution is 5.76. The molecule has 0 aromatic rings. The van der Waals surface area contributed by atoms with Gasteiger partial charge in [-0.05, 0) is 83.5 Å². The van der Waals surface area contributed by atoms with Crippen LogP contribution in [-0.2, 0) is 14.3 Å². The number of amides is 1. The number of carbonyl (C=O) groups excluding carboxylic acids is 2. The zero-order chi connectivity index (χ0) is 61.3. The molecular formula is C79H149NO5. The molecule has 0 saturated carbocycles. The minimum Gasteiger partial charge on any atom is -0.466 e. The third-order valence-electron chi connectivity index (χ3n) is 17.8. The van der Waals surface area contributed by atoms with Crippen LogP contribution < -0.4 is 5.32 Å². The molecule has 0 heterocycles. The zero-order valence-corrected chi connectivity index (χ0v) is 57.4. The maximum Gasteiger partial charge on any atom is 0.305 e. The molecule has 0 aliphatic rings. The molecule has 6 heteroatoms. The first kappa shape index (κ1) is 82.8. The molecule has 0 aliphatic heterocycles. The van der Waals surface area contributed by atoms with Crippen molar-refractivity contribution in [3.63, 3.8) is 0 Å². The predicted molar refractivity (Wildman–Crippen MR) is 375 cm³/mol. The molecule has 0 bridgehead atoms. The third-order valence-corrected chi connectivity index (χ3v) is 17.8. The van der Waals surface area contributed by atoms with Crippen LogP contribution in [0.25, 0.3) is 0 Å². The molecule has 0 spiro atoms. The van der Waals surface area contributed by atoms with Gasteiger partial charge in [0.05, 0.1) is 25.4 Å². The summed E-state index contributed by atoms with van der Waals surface area (Å²) in [6.07, 6.45) is 97.7. The third kappa shape index (κ3) is 70.8. The fourth-order valence-electron chi connectivity index (χ4n) is 12.0. The lowest BCUT2D eigenvalue weighted by atomic mass is 10.0. The van der Waals surface area contributed by atoms with Gasteiger partial charge in [0.2, 0.25) is 5.91 Å². The number of nitrogens with one attached hydrogen (secondary N) is 1.